The van der Waals surface area contributed by atoms with E-state index in [2.05, 4.69) is 0 Å². The van der Waals surface area contributed by atoms with Crippen LogP contribution < -0.4 is 5.73 Å². The van der Waals surface area contributed by atoms with Gasteiger partial charge < -0.3 is 10.5 Å². The van der Waals surface area contributed by atoms with Crippen molar-refractivity contribution in [2.45, 2.75) is 13.3 Å². The van der Waals surface area contributed by atoms with Crippen molar-refractivity contribution < 1.29 is 19.1 Å². The molecule has 5 nitrogen and oxygen atoms in total. The molecule has 0 aliphatic heterocycles. The summed E-state index contributed by atoms with van der Waals surface area (Å²) in [5.74, 6) is -3.14. The van der Waals surface area contributed by atoms with Crippen molar-refractivity contribution in [2.75, 3.05) is 6.61 Å². The molecule has 1 rings (SSSR count). The molecular formula is C13H15NO4. The molecule has 5 heteroatoms. The van der Waals surface area contributed by atoms with E-state index >= 15 is 0 Å². The standard InChI is InChI=1S/C13H15NO4/c1-2-18-13(17)10(12(14)16)8-11(15)9-6-4-3-5-7-9/h3-7,10H,2,8H2,1H3,(H2,14,16). The van der Waals surface area contributed by atoms with Crippen molar-refractivity contribution in [3.05, 3.63) is 35.9 Å². The van der Waals surface area contributed by atoms with Crippen molar-refractivity contribution in [3.63, 3.8) is 0 Å². The van der Waals surface area contributed by atoms with Gasteiger partial charge in [0.1, 0.15) is 5.92 Å². The van der Waals surface area contributed by atoms with Crippen LogP contribution in [0.15, 0.2) is 30.3 Å². The Morgan fingerprint density at radius 1 is 1.22 bits per heavy atom. The van der Waals surface area contributed by atoms with E-state index in [-0.39, 0.29) is 18.8 Å². The fraction of sp³-hybridized carbons (Fsp3) is 0.308. The summed E-state index contributed by atoms with van der Waals surface area (Å²) in [5.41, 5.74) is 5.54. The molecule has 96 valence electrons. The minimum Gasteiger partial charge on any atom is -0.465 e. The molecule has 0 aliphatic carbocycles. The van der Waals surface area contributed by atoms with Gasteiger partial charge in [0.25, 0.3) is 0 Å². The molecule has 0 heterocycles. The summed E-state index contributed by atoms with van der Waals surface area (Å²) in [5, 5.41) is 0. The Balaban J connectivity index is 2.76. The molecule has 0 saturated carbocycles. The average molecular weight is 249 g/mol. The molecule has 1 aromatic carbocycles. The number of benzene rings is 1. The van der Waals surface area contributed by atoms with Crippen molar-refractivity contribution in [2.24, 2.45) is 11.7 Å². The average Bonchev–Trinajstić information content (AvgIpc) is 2.36. The SMILES string of the molecule is CCOC(=O)C(CC(=O)c1ccccc1)C(N)=O. The highest BCUT2D eigenvalue weighted by molar-refractivity contribution is 6.05. The number of primary amides is 1. The Kier molecular flexibility index (Phi) is 5.05. The number of hydrogen-bond donors (Lipinski definition) is 1. The number of hydrogen-bond acceptors (Lipinski definition) is 4. The van der Waals surface area contributed by atoms with Crippen molar-refractivity contribution in [3.8, 4) is 0 Å². The minimum atomic E-state index is -1.22. The van der Waals surface area contributed by atoms with E-state index in [1.165, 1.54) is 0 Å². The van der Waals surface area contributed by atoms with Crippen LogP contribution in [0.3, 0.4) is 0 Å². The van der Waals surface area contributed by atoms with E-state index < -0.39 is 17.8 Å². The molecule has 0 saturated heterocycles. The molecule has 1 aromatic rings. The monoisotopic (exact) mass is 249 g/mol. The van der Waals surface area contributed by atoms with E-state index in [1.54, 1.807) is 37.3 Å². The van der Waals surface area contributed by atoms with Crippen LogP contribution in [0.25, 0.3) is 0 Å². The van der Waals surface area contributed by atoms with Crippen LogP contribution in [-0.2, 0) is 14.3 Å². The van der Waals surface area contributed by atoms with E-state index in [0.29, 0.717) is 5.56 Å². The van der Waals surface area contributed by atoms with Crippen molar-refractivity contribution in [1.82, 2.24) is 0 Å². The molecule has 1 unspecified atom stereocenters. The van der Waals surface area contributed by atoms with Gasteiger partial charge in [-0.1, -0.05) is 30.3 Å². The van der Waals surface area contributed by atoms with Crippen molar-refractivity contribution in [1.29, 1.82) is 0 Å². The lowest BCUT2D eigenvalue weighted by atomic mass is 9.98. The quantitative estimate of drug-likeness (QED) is 0.461. The van der Waals surface area contributed by atoms with Gasteiger partial charge >= 0.3 is 5.97 Å². The van der Waals surface area contributed by atoms with Crippen LogP contribution >= 0.6 is 0 Å². The van der Waals surface area contributed by atoms with E-state index in [4.69, 9.17) is 10.5 Å². The maximum absolute atomic E-state index is 11.9. The van der Waals surface area contributed by atoms with E-state index in [1.807, 2.05) is 0 Å². The molecule has 0 bridgehead atoms. The smallest absolute Gasteiger partial charge is 0.318 e. The summed E-state index contributed by atoms with van der Waals surface area (Å²) in [6, 6.07) is 8.42. The third-order valence-electron chi connectivity index (χ3n) is 2.40. The predicted octanol–water partition coefficient (Wildman–Crippen LogP) is 0.924. The summed E-state index contributed by atoms with van der Waals surface area (Å²) in [6.07, 6.45) is -0.266. The van der Waals surface area contributed by atoms with Crippen LogP contribution in [0.5, 0.6) is 0 Å². The molecule has 0 fully saturated rings. The Morgan fingerprint density at radius 2 is 1.83 bits per heavy atom. The lowest BCUT2D eigenvalue weighted by Crippen LogP contribution is -2.33. The van der Waals surface area contributed by atoms with Gasteiger partial charge in [-0.2, -0.15) is 0 Å². The minimum absolute atomic E-state index is 0.141. The lowest BCUT2D eigenvalue weighted by Gasteiger charge is -2.11. The number of rotatable bonds is 6. The number of ketones is 1. The third kappa shape index (κ3) is 3.69. The highest BCUT2D eigenvalue weighted by Crippen LogP contribution is 2.11. The number of nitrogens with two attached hydrogens (primary N) is 1. The largest absolute Gasteiger partial charge is 0.465 e. The van der Waals surface area contributed by atoms with Crippen LogP contribution in [0.2, 0.25) is 0 Å². The van der Waals surface area contributed by atoms with Gasteiger partial charge in [0.15, 0.2) is 5.78 Å². The summed E-state index contributed by atoms with van der Waals surface area (Å²) in [7, 11) is 0. The van der Waals surface area contributed by atoms with Crippen LogP contribution in [0.4, 0.5) is 0 Å². The highest BCUT2D eigenvalue weighted by atomic mass is 16.5. The molecule has 18 heavy (non-hydrogen) atoms. The molecule has 0 aromatic heterocycles. The van der Waals surface area contributed by atoms with Crippen LogP contribution in [-0.4, -0.2) is 24.3 Å². The number of esters is 1. The van der Waals surface area contributed by atoms with Gasteiger partial charge in [0.05, 0.1) is 6.61 Å². The van der Waals surface area contributed by atoms with Gasteiger partial charge in [-0.05, 0) is 6.92 Å². The molecule has 1 atom stereocenters. The topological polar surface area (TPSA) is 86.5 Å². The molecular weight excluding hydrogens is 234 g/mol. The highest BCUT2D eigenvalue weighted by Gasteiger charge is 2.28. The number of carbonyl (C=O) groups excluding carboxylic acids is 3. The number of Topliss-reactive ketones (excluding diaryl/α,β-unsaturated/α-hetero) is 1. The summed E-state index contributed by atoms with van der Waals surface area (Å²) in [4.78, 5) is 34.5. The fourth-order valence-corrected chi connectivity index (χ4v) is 1.47. The first-order valence-corrected chi connectivity index (χ1v) is 5.60. The summed E-state index contributed by atoms with van der Waals surface area (Å²) < 4.78 is 4.71. The van der Waals surface area contributed by atoms with E-state index in [0.717, 1.165) is 0 Å². The number of carbonyl (C=O) groups is 3. The Morgan fingerprint density at radius 3 is 2.33 bits per heavy atom. The van der Waals surface area contributed by atoms with Gasteiger partial charge in [-0.15, -0.1) is 0 Å². The molecule has 2 N–H and O–H groups in total. The Bertz CT molecular complexity index is 442. The molecule has 0 spiro atoms. The Hall–Kier alpha value is -2.17. The van der Waals surface area contributed by atoms with E-state index in [9.17, 15) is 14.4 Å². The first-order chi connectivity index (χ1) is 8.56. The number of ether oxygens (including phenoxy) is 1. The van der Waals surface area contributed by atoms with Gasteiger partial charge in [-0.25, -0.2) is 0 Å². The lowest BCUT2D eigenvalue weighted by molar-refractivity contribution is -0.151. The van der Waals surface area contributed by atoms with Gasteiger partial charge in [0, 0.05) is 12.0 Å². The maximum atomic E-state index is 11.9. The van der Waals surface area contributed by atoms with Gasteiger partial charge in [0.2, 0.25) is 5.91 Å². The first kappa shape index (κ1) is 13.9. The zero-order valence-corrected chi connectivity index (χ0v) is 10.1. The Labute approximate surface area is 105 Å². The first-order valence-electron chi connectivity index (χ1n) is 5.60. The number of amides is 1. The predicted molar refractivity (Wildman–Crippen MR) is 64.7 cm³/mol. The molecule has 1 amide bonds. The molecule has 0 radical (unpaired) electrons. The summed E-state index contributed by atoms with van der Waals surface area (Å²) in [6.45, 7) is 1.76. The molecule has 0 aliphatic rings. The maximum Gasteiger partial charge on any atom is 0.318 e. The fourth-order valence-electron chi connectivity index (χ4n) is 1.47. The summed E-state index contributed by atoms with van der Waals surface area (Å²) >= 11 is 0. The normalized spacial score (nSPS) is 11.6. The van der Waals surface area contributed by atoms with Crippen LogP contribution in [0.1, 0.15) is 23.7 Å². The van der Waals surface area contributed by atoms with Gasteiger partial charge in [-0.3, -0.25) is 14.4 Å². The zero-order valence-electron chi connectivity index (χ0n) is 10.1. The second-order valence-corrected chi connectivity index (χ2v) is 3.70. The third-order valence-corrected chi connectivity index (χ3v) is 2.40. The zero-order chi connectivity index (χ0) is 13.5. The van der Waals surface area contributed by atoms with Crippen LogP contribution in [0, 0.1) is 5.92 Å². The second-order valence-electron chi connectivity index (χ2n) is 3.70. The second kappa shape index (κ2) is 6.54. The van der Waals surface area contributed by atoms with Crippen molar-refractivity contribution >= 4 is 17.7 Å².